The van der Waals surface area contributed by atoms with Gasteiger partial charge in [0.05, 0.1) is 30.7 Å². The number of ketones is 1. The van der Waals surface area contributed by atoms with Crippen molar-refractivity contribution >= 4 is 22.6 Å². The molecule has 4 aromatic rings. The molecule has 0 aliphatic rings. The predicted octanol–water partition coefficient (Wildman–Crippen LogP) is 2.96. The molecule has 1 N–H and O–H groups in total. The Balaban J connectivity index is 1.78. The first-order valence-electron chi connectivity index (χ1n) is 10.6. The van der Waals surface area contributed by atoms with E-state index in [0.29, 0.717) is 29.1 Å². The molecule has 1 amide bonds. The van der Waals surface area contributed by atoms with Crippen LogP contribution in [0.3, 0.4) is 0 Å². The molecule has 4 rings (SSSR count). The zero-order valence-corrected chi connectivity index (χ0v) is 18.8. The molecule has 0 radical (unpaired) electrons. The fourth-order valence-corrected chi connectivity index (χ4v) is 3.68. The third kappa shape index (κ3) is 4.66. The Morgan fingerprint density at radius 2 is 1.65 bits per heavy atom. The van der Waals surface area contributed by atoms with Gasteiger partial charge in [-0.1, -0.05) is 30.3 Å². The van der Waals surface area contributed by atoms with Crippen LogP contribution in [0.15, 0.2) is 78.0 Å². The standard InChI is InChI=1S/C26H23N3O5/c1-33-22-12-19-21(13-23(22)34-2)29(16-24(30)28-14-17-6-4-3-5-7-17)15-20(26(19)32)25(31)18-8-10-27-11-9-18/h3-13,15H,14,16H2,1-2H3,(H,28,30). The summed E-state index contributed by atoms with van der Waals surface area (Å²) in [6, 6.07) is 15.8. The summed E-state index contributed by atoms with van der Waals surface area (Å²) in [6.45, 7) is 0.257. The number of pyridine rings is 2. The maximum atomic E-state index is 13.3. The van der Waals surface area contributed by atoms with Gasteiger partial charge in [-0.15, -0.1) is 0 Å². The number of rotatable bonds is 8. The van der Waals surface area contributed by atoms with Crippen molar-refractivity contribution < 1.29 is 19.1 Å². The van der Waals surface area contributed by atoms with Gasteiger partial charge in [0.25, 0.3) is 0 Å². The van der Waals surface area contributed by atoms with Gasteiger partial charge in [-0.05, 0) is 23.8 Å². The molecular weight excluding hydrogens is 434 g/mol. The summed E-state index contributed by atoms with van der Waals surface area (Å²) in [4.78, 5) is 43.2. The molecule has 0 unspecified atom stereocenters. The number of nitrogens with zero attached hydrogens (tertiary/aromatic N) is 2. The molecule has 8 nitrogen and oxygen atoms in total. The number of carbonyl (C=O) groups is 2. The van der Waals surface area contributed by atoms with Crippen molar-refractivity contribution in [3.63, 3.8) is 0 Å². The second-order valence-electron chi connectivity index (χ2n) is 7.55. The van der Waals surface area contributed by atoms with Crippen LogP contribution in [0.25, 0.3) is 10.9 Å². The topological polar surface area (TPSA) is 99.5 Å². The SMILES string of the molecule is COc1cc2c(=O)c(C(=O)c3ccncc3)cn(CC(=O)NCc3ccccc3)c2cc1OC. The maximum absolute atomic E-state index is 13.3. The van der Waals surface area contributed by atoms with Crippen molar-refractivity contribution in [2.75, 3.05) is 14.2 Å². The number of benzene rings is 2. The first-order valence-corrected chi connectivity index (χ1v) is 10.6. The Kier molecular flexibility index (Phi) is 6.68. The van der Waals surface area contributed by atoms with Gasteiger partial charge in [0.15, 0.2) is 17.3 Å². The van der Waals surface area contributed by atoms with Crippen LogP contribution in [0.2, 0.25) is 0 Å². The summed E-state index contributed by atoms with van der Waals surface area (Å²) in [5.74, 6) is 0.0233. The van der Waals surface area contributed by atoms with Crippen LogP contribution >= 0.6 is 0 Å². The molecule has 0 aliphatic heterocycles. The Morgan fingerprint density at radius 3 is 2.32 bits per heavy atom. The molecule has 34 heavy (non-hydrogen) atoms. The number of fused-ring (bicyclic) bond motifs is 1. The minimum Gasteiger partial charge on any atom is -0.493 e. The minimum atomic E-state index is -0.460. The van der Waals surface area contributed by atoms with E-state index in [0.717, 1.165) is 5.56 Å². The van der Waals surface area contributed by atoms with Crippen LogP contribution in [-0.2, 0) is 17.9 Å². The highest BCUT2D eigenvalue weighted by molar-refractivity contribution is 6.10. The van der Waals surface area contributed by atoms with Crippen molar-refractivity contribution in [3.05, 3.63) is 100 Å². The van der Waals surface area contributed by atoms with E-state index in [1.807, 2.05) is 30.3 Å². The number of ether oxygens (including phenoxy) is 2. The Morgan fingerprint density at radius 1 is 0.971 bits per heavy atom. The molecule has 0 aliphatic carbocycles. The van der Waals surface area contributed by atoms with Crippen LogP contribution in [0.1, 0.15) is 21.5 Å². The summed E-state index contributed by atoms with van der Waals surface area (Å²) in [7, 11) is 2.95. The number of amides is 1. The van der Waals surface area contributed by atoms with E-state index in [-0.39, 0.29) is 23.4 Å². The van der Waals surface area contributed by atoms with E-state index < -0.39 is 11.2 Å². The number of hydrogen-bond donors (Lipinski definition) is 1. The number of hydrogen-bond acceptors (Lipinski definition) is 6. The summed E-state index contributed by atoms with van der Waals surface area (Å²) in [6.07, 6.45) is 4.39. The van der Waals surface area contributed by atoms with E-state index in [4.69, 9.17) is 9.47 Å². The van der Waals surface area contributed by atoms with Crippen molar-refractivity contribution in [2.24, 2.45) is 0 Å². The lowest BCUT2D eigenvalue weighted by molar-refractivity contribution is -0.121. The van der Waals surface area contributed by atoms with Crippen LogP contribution in [0, 0.1) is 0 Å². The highest BCUT2D eigenvalue weighted by Gasteiger charge is 2.20. The van der Waals surface area contributed by atoms with Gasteiger partial charge in [0.2, 0.25) is 11.3 Å². The van der Waals surface area contributed by atoms with Gasteiger partial charge in [0.1, 0.15) is 6.54 Å². The van der Waals surface area contributed by atoms with Crippen LogP contribution in [0.4, 0.5) is 0 Å². The maximum Gasteiger partial charge on any atom is 0.240 e. The molecular formula is C26H23N3O5. The number of nitrogens with one attached hydrogen (secondary N) is 1. The lowest BCUT2D eigenvalue weighted by Crippen LogP contribution is -2.29. The lowest BCUT2D eigenvalue weighted by atomic mass is 10.0. The summed E-state index contributed by atoms with van der Waals surface area (Å²) >= 11 is 0. The molecule has 0 spiro atoms. The molecule has 2 aromatic heterocycles. The smallest absolute Gasteiger partial charge is 0.240 e. The molecule has 0 saturated carbocycles. The summed E-state index contributed by atoms with van der Waals surface area (Å²) in [5.41, 5.74) is 1.22. The highest BCUT2D eigenvalue weighted by Crippen LogP contribution is 2.31. The molecule has 0 saturated heterocycles. The quantitative estimate of drug-likeness (QED) is 0.409. The van der Waals surface area contributed by atoms with Gasteiger partial charge in [-0.25, -0.2) is 0 Å². The van der Waals surface area contributed by atoms with E-state index in [1.54, 1.807) is 10.6 Å². The highest BCUT2D eigenvalue weighted by atomic mass is 16.5. The fourth-order valence-electron chi connectivity index (χ4n) is 3.68. The molecule has 8 heteroatoms. The Labute approximate surface area is 195 Å². The van der Waals surface area contributed by atoms with Crippen LogP contribution < -0.4 is 20.2 Å². The third-order valence-electron chi connectivity index (χ3n) is 5.42. The molecule has 172 valence electrons. The minimum absolute atomic E-state index is 0.0539. The first-order chi connectivity index (χ1) is 16.5. The van der Waals surface area contributed by atoms with Gasteiger partial charge < -0.3 is 19.4 Å². The van der Waals surface area contributed by atoms with Crippen LogP contribution in [-0.4, -0.2) is 35.5 Å². The molecule has 2 aromatic carbocycles. The summed E-state index contributed by atoms with van der Waals surface area (Å²) < 4.78 is 12.3. The van der Waals surface area contributed by atoms with E-state index >= 15 is 0 Å². The van der Waals surface area contributed by atoms with Crippen molar-refractivity contribution in [3.8, 4) is 11.5 Å². The van der Waals surface area contributed by atoms with E-state index in [2.05, 4.69) is 10.3 Å². The second kappa shape index (κ2) is 9.99. The molecule has 0 bridgehead atoms. The van der Waals surface area contributed by atoms with Gasteiger partial charge >= 0.3 is 0 Å². The number of methoxy groups -OCH3 is 2. The second-order valence-corrected chi connectivity index (χ2v) is 7.55. The van der Waals surface area contributed by atoms with Crippen LogP contribution in [0.5, 0.6) is 11.5 Å². The largest absolute Gasteiger partial charge is 0.493 e. The lowest BCUT2D eigenvalue weighted by Gasteiger charge is -2.16. The molecule has 2 heterocycles. The first kappa shape index (κ1) is 22.7. The Bertz CT molecular complexity index is 1400. The zero-order valence-electron chi connectivity index (χ0n) is 18.8. The summed E-state index contributed by atoms with van der Waals surface area (Å²) in [5, 5.41) is 3.12. The molecule has 0 atom stereocenters. The molecule has 0 fully saturated rings. The van der Waals surface area contributed by atoms with Gasteiger partial charge in [-0.3, -0.25) is 19.4 Å². The average molecular weight is 457 g/mol. The predicted molar refractivity (Wildman–Crippen MR) is 127 cm³/mol. The Hall–Kier alpha value is -4.46. The van der Waals surface area contributed by atoms with Gasteiger partial charge in [0, 0.05) is 36.8 Å². The van der Waals surface area contributed by atoms with E-state index in [9.17, 15) is 14.4 Å². The van der Waals surface area contributed by atoms with Crippen molar-refractivity contribution in [2.45, 2.75) is 13.1 Å². The fraction of sp³-hybridized carbons (Fsp3) is 0.154. The normalized spacial score (nSPS) is 10.6. The van der Waals surface area contributed by atoms with Gasteiger partial charge in [-0.2, -0.15) is 0 Å². The van der Waals surface area contributed by atoms with Crippen molar-refractivity contribution in [1.82, 2.24) is 14.9 Å². The van der Waals surface area contributed by atoms with E-state index in [1.165, 1.54) is 51.0 Å². The number of carbonyl (C=O) groups excluding carboxylic acids is 2. The average Bonchev–Trinajstić information content (AvgIpc) is 2.89. The monoisotopic (exact) mass is 457 g/mol. The van der Waals surface area contributed by atoms with Crippen molar-refractivity contribution in [1.29, 1.82) is 0 Å². The third-order valence-corrected chi connectivity index (χ3v) is 5.42. The number of aromatic nitrogens is 2. The zero-order chi connectivity index (χ0) is 24.1.